The van der Waals surface area contributed by atoms with Gasteiger partial charge in [-0.25, -0.2) is 0 Å². The lowest BCUT2D eigenvalue weighted by atomic mass is 10.1. The van der Waals surface area contributed by atoms with Crippen molar-refractivity contribution < 1.29 is 19.4 Å². The quantitative estimate of drug-likeness (QED) is 0.526. The van der Waals surface area contributed by atoms with Crippen LogP contribution in [-0.2, 0) is 14.3 Å². The van der Waals surface area contributed by atoms with Crippen LogP contribution in [0.3, 0.4) is 0 Å². The summed E-state index contributed by atoms with van der Waals surface area (Å²) in [6, 6.07) is 1.80. The van der Waals surface area contributed by atoms with Gasteiger partial charge in [0, 0.05) is 6.42 Å². The van der Waals surface area contributed by atoms with E-state index < -0.39 is 24.5 Å². The zero-order valence-corrected chi connectivity index (χ0v) is 8.19. The molecule has 0 aromatic carbocycles. The van der Waals surface area contributed by atoms with E-state index >= 15 is 0 Å². The van der Waals surface area contributed by atoms with Gasteiger partial charge in [-0.1, -0.05) is 13.8 Å². The highest BCUT2D eigenvalue weighted by atomic mass is 16.5. The molecule has 1 atom stereocenters. The number of nitriles is 1. The normalized spacial score (nSPS) is 11.9. The van der Waals surface area contributed by atoms with Crippen LogP contribution in [0.5, 0.6) is 0 Å². The monoisotopic (exact) mass is 199 g/mol. The minimum absolute atomic E-state index is 0.220. The maximum absolute atomic E-state index is 10.9. The molecule has 0 aliphatic rings. The van der Waals surface area contributed by atoms with Crippen LogP contribution < -0.4 is 0 Å². The van der Waals surface area contributed by atoms with E-state index in [4.69, 9.17) is 10.4 Å². The molecule has 0 spiro atoms. The molecule has 1 N–H and O–H groups in total. The largest absolute Gasteiger partial charge is 0.481 e. The third-order valence-corrected chi connectivity index (χ3v) is 1.40. The Morgan fingerprint density at radius 1 is 1.50 bits per heavy atom. The summed E-state index contributed by atoms with van der Waals surface area (Å²) < 4.78 is 4.64. The van der Waals surface area contributed by atoms with Crippen LogP contribution in [-0.4, -0.2) is 23.1 Å². The van der Waals surface area contributed by atoms with Gasteiger partial charge in [-0.2, -0.15) is 5.26 Å². The van der Waals surface area contributed by atoms with Crippen molar-refractivity contribution in [1.82, 2.24) is 0 Å². The minimum Gasteiger partial charge on any atom is -0.481 e. The Hall–Kier alpha value is -1.57. The maximum atomic E-state index is 10.9. The minimum atomic E-state index is -1.25. The summed E-state index contributed by atoms with van der Waals surface area (Å²) in [6.07, 6.45) is -1.13. The van der Waals surface area contributed by atoms with E-state index in [1.165, 1.54) is 0 Å². The van der Waals surface area contributed by atoms with E-state index in [1.54, 1.807) is 6.07 Å². The molecular formula is C9H13NO4. The third kappa shape index (κ3) is 6.00. The van der Waals surface area contributed by atoms with Crippen LogP contribution >= 0.6 is 0 Å². The molecule has 0 aromatic heterocycles. The number of esters is 1. The predicted molar refractivity (Wildman–Crippen MR) is 47.2 cm³/mol. The molecule has 0 rings (SSSR count). The lowest BCUT2D eigenvalue weighted by Crippen LogP contribution is -2.20. The molecule has 5 heteroatoms. The Bertz CT molecular complexity index is 254. The molecular weight excluding hydrogens is 186 g/mol. The zero-order valence-electron chi connectivity index (χ0n) is 8.19. The summed E-state index contributed by atoms with van der Waals surface area (Å²) >= 11 is 0. The molecule has 1 unspecified atom stereocenters. The summed E-state index contributed by atoms with van der Waals surface area (Å²) in [5.41, 5.74) is 0. The number of carboxylic acids is 1. The predicted octanol–water partition coefficient (Wildman–Crippen LogP) is 0.943. The summed E-state index contributed by atoms with van der Waals surface area (Å²) in [6.45, 7) is 3.77. The molecule has 14 heavy (non-hydrogen) atoms. The van der Waals surface area contributed by atoms with Crippen molar-refractivity contribution in [2.24, 2.45) is 5.92 Å². The van der Waals surface area contributed by atoms with E-state index in [0.717, 1.165) is 0 Å². The highest BCUT2D eigenvalue weighted by molar-refractivity contribution is 5.90. The van der Waals surface area contributed by atoms with Gasteiger partial charge < -0.3 is 9.84 Å². The highest BCUT2D eigenvalue weighted by Crippen LogP contribution is 2.08. The van der Waals surface area contributed by atoms with E-state index in [2.05, 4.69) is 4.74 Å². The van der Waals surface area contributed by atoms with Gasteiger partial charge in [0.25, 0.3) is 0 Å². The first-order valence-corrected chi connectivity index (χ1v) is 4.26. The molecule has 0 aliphatic carbocycles. The molecule has 0 aliphatic heterocycles. The number of carboxylic acid groups (broad SMARTS) is 1. The van der Waals surface area contributed by atoms with E-state index in [0.29, 0.717) is 6.42 Å². The van der Waals surface area contributed by atoms with Gasteiger partial charge in [0.15, 0.2) is 6.10 Å². The van der Waals surface area contributed by atoms with Gasteiger partial charge in [-0.3, -0.25) is 9.59 Å². The second kappa shape index (κ2) is 5.97. The first-order chi connectivity index (χ1) is 6.45. The third-order valence-electron chi connectivity index (χ3n) is 1.40. The number of hydrogen-bond donors (Lipinski definition) is 1. The molecule has 0 fully saturated rings. The number of ether oxygens (including phenoxy) is 1. The Morgan fingerprint density at radius 2 is 2.07 bits per heavy atom. The smallest absolute Gasteiger partial charge is 0.318 e. The van der Waals surface area contributed by atoms with Gasteiger partial charge in [0.2, 0.25) is 0 Å². The standard InChI is InChI=1S/C9H13NO4/c1-6(2)3-7(5-10)14-9(13)4-8(11)12/h6-7H,3-4H2,1-2H3,(H,11,12). The van der Waals surface area contributed by atoms with Crippen LogP contribution in [0.4, 0.5) is 0 Å². The molecule has 78 valence electrons. The van der Waals surface area contributed by atoms with Crippen LogP contribution in [0, 0.1) is 17.2 Å². The van der Waals surface area contributed by atoms with E-state index in [-0.39, 0.29) is 5.92 Å². The summed E-state index contributed by atoms with van der Waals surface area (Å²) in [4.78, 5) is 21.0. The lowest BCUT2D eigenvalue weighted by Gasteiger charge is -2.11. The van der Waals surface area contributed by atoms with Gasteiger partial charge >= 0.3 is 11.9 Å². The van der Waals surface area contributed by atoms with Crippen molar-refractivity contribution in [3.8, 4) is 6.07 Å². The van der Waals surface area contributed by atoms with E-state index in [1.807, 2.05) is 13.8 Å². The summed E-state index contributed by atoms with van der Waals surface area (Å²) in [7, 11) is 0. The molecule has 0 saturated heterocycles. The van der Waals surface area contributed by atoms with Crippen molar-refractivity contribution in [1.29, 1.82) is 5.26 Å². The number of hydrogen-bond acceptors (Lipinski definition) is 4. The van der Waals surface area contributed by atoms with Crippen LogP contribution in [0.15, 0.2) is 0 Å². The Balaban J connectivity index is 4.00. The van der Waals surface area contributed by atoms with Crippen LogP contribution in [0.1, 0.15) is 26.7 Å². The number of carbonyl (C=O) groups is 2. The second-order valence-corrected chi connectivity index (χ2v) is 3.31. The summed E-state index contributed by atoms with van der Waals surface area (Å²) in [5, 5.41) is 16.9. The summed E-state index contributed by atoms with van der Waals surface area (Å²) in [5.74, 6) is -1.90. The average Bonchev–Trinajstić information content (AvgIpc) is 2.00. The zero-order chi connectivity index (χ0) is 11.1. The maximum Gasteiger partial charge on any atom is 0.318 e. The van der Waals surface area contributed by atoms with Gasteiger partial charge in [0.05, 0.1) is 0 Å². The van der Waals surface area contributed by atoms with Crippen LogP contribution in [0.25, 0.3) is 0 Å². The second-order valence-electron chi connectivity index (χ2n) is 3.31. The van der Waals surface area contributed by atoms with Crippen LogP contribution in [0.2, 0.25) is 0 Å². The highest BCUT2D eigenvalue weighted by Gasteiger charge is 2.17. The van der Waals surface area contributed by atoms with Crippen molar-refractivity contribution in [2.45, 2.75) is 32.8 Å². The van der Waals surface area contributed by atoms with E-state index in [9.17, 15) is 9.59 Å². The molecule has 0 bridgehead atoms. The van der Waals surface area contributed by atoms with Gasteiger partial charge in [-0.15, -0.1) is 0 Å². The molecule has 5 nitrogen and oxygen atoms in total. The SMILES string of the molecule is CC(C)CC(C#N)OC(=O)CC(=O)O. The fourth-order valence-electron chi connectivity index (χ4n) is 0.879. The molecule has 0 aromatic rings. The topological polar surface area (TPSA) is 87.4 Å². The molecule has 0 saturated carbocycles. The van der Waals surface area contributed by atoms with Gasteiger partial charge in [-0.05, 0) is 5.92 Å². The molecule has 0 heterocycles. The van der Waals surface area contributed by atoms with Crippen molar-refractivity contribution in [2.75, 3.05) is 0 Å². The number of aliphatic carboxylic acids is 1. The fraction of sp³-hybridized carbons (Fsp3) is 0.667. The fourth-order valence-corrected chi connectivity index (χ4v) is 0.879. The number of nitrogens with zero attached hydrogens (tertiary/aromatic N) is 1. The lowest BCUT2D eigenvalue weighted by molar-refractivity contribution is -0.153. The number of rotatable bonds is 5. The number of carbonyl (C=O) groups excluding carboxylic acids is 1. The molecule has 0 amide bonds. The Kier molecular flexibility index (Phi) is 5.30. The van der Waals surface area contributed by atoms with Crippen molar-refractivity contribution in [3.05, 3.63) is 0 Å². The van der Waals surface area contributed by atoms with Gasteiger partial charge in [0.1, 0.15) is 12.5 Å². The van der Waals surface area contributed by atoms with Crippen molar-refractivity contribution >= 4 is 11.9 Å². The first kappa shape index (κ1) is 12.4. The Labute approximate surface area is 82.3 Å². The molecule has 0 radical (unpaired) electrons. The average molecular weight is 199 g/mol. The Morgan fingerprint density at radius 3 is 2.43 bits per heavy atom. The van der Waals surface area contributed by atoms with Crippen molar-refractivity contribution in [3.63, 3.8) is 0 Å². The first-order valence-electron chi connectivity index (χ1n) is 4.26.